The number of anilines is 1. The first-order chi connectivity index (χ1) is 15.3. The zero-order valence-corrected chi connectivity index (χ0v) is 18.6. The third kappa shape index (κ3) is 5.91. The Kier molecular flexibility index (Phi) is 7.57. The summed E-state index contributed by atoms with van der Waals surface area (Å²) in [5.41, 5.74) is -0.0441. The lowest BCUT2D eigenvalue weighted by Gasteiger charge is -2.20. The molecule has 3 rings (SSSR count). The van der Waals surface area contributed by atoms with Crippen LogP contribution in [0.25, 0.3) is 0 Å². The van der Waals surface area contributed by atoms with Crippen molar-refractivity contribution in [3.8, 4) is 11.5 Å². The number of phenolic OH excluding ortho intramolecular Hbond substituents is 1. The molecule has 0 bridgehead atoms. The molecule has 1 heterocycles. The number of hydrogen-bond donors (Lipinski definition) is 2. The molecular formula is C22H26N2O7S. The molecule has 1 aliphatic rings. The minimum Gasteiger partial charge on any atom is -0.507 e. The second-order valence-electron chi connectivity index (χ2n) is 7.38. The number of likely N-dealkylation sites (tertiary alicyclic amines) is 1. The molecule has 2 aromatic carbocycles. The molecule has 0 atom stereocenters. The van der Waals surface area contributed by atoms with Crippen LogP contribution in [-0.4, -0.2) is 57.1 Å². The first-order valence-electron chi connectivity index (χ1n) is 10.2. The quantitative estimate of drug-likeness (QED) is 0.607. The molecule has 1 aliphatic heterocycles. The van der Waals surface area contributed by atoms with E-state index in [1.54, 1.807) is 17.0 Å². The zero-order chi connectivity index (χ0) is 23.1. The maximum absolute atomic E-state index is 12.7. The van der Waals surface area contributed by atoms with Crippen molar-refractivity contribution in [1.29, 1.82) is 0 Å². The van der Waals surface area contributed by atoms with E-state index in [1.807, 2.05) is 0 Å². The average molecular weight is 463 g/mol. The minimum absolute atomic E-state index is 0.239. The van der Waals surface area contributed by atoms with Crippen molar-refractivity contribution in [3.05, 3.63) is 48.0 Å². The van der Waals surface area contributed by atoms with Gasteiger partial charge in [-0.2, -0.15) is 0 Å². The van der Waals surface area contributed by atoms with Crippen LogP contribution in [-0.2, 0) is 19.6 Å². The van der Waals surface area contributed by atoms with Gasteiger partial charge in [0.2, 0.25) is 0 Å². The van der Waals surface area contributed by atoms with Crippen molar-refractivity contribution < 1.29 is 32.6 Å². The molecule has 0 radical (unpaired) electrons. The number of rotatable bonds is 7. The Balaban J connectivity index is 1.69. The summed E-state index contributed by atoms with van der Waals surface area (Å²) in [6.45, 7) is 0.762. The summed E-state index contributed by atoms with van der Waals surface area (Å²) in [6.07, 6.45) is 3.93. The topological polar surface area (TPSA) is 122 Å². The summed E-state index contributed by atoms with van der Waals surface area (Å²) in [4.78, 5) is 26.2. The standard InChI is InChI=1S/C22H26N2O7S/c1-30-17-8-6-16(7-9-17)23-32(28,29)18-10-11-20(25)19(14-18)22(27)31-15-21(26)24-12-4-2-3-5-13-24/h6-11,14,23,25H,2-5,12-13,15H2,1H3. The van der Waals surface area contributed by atoms with Crippen LogP contribution in [0.15, 0.2) is 47.4 Å². The Labute approximate surface area is 187 Å². The summed E-state index contributed by atoms with van der Waals surface area (Å²) in [5, 5.41) is 10.0. The van der Waals surface area contributed by atoms with Crippen LogP contribution in [0.4, 0.5) is 5.69 Å². The van der Waals surface area contributed by atoms with Gasteiger partial charge in [0.1, 0.15) is 17.1 Å². The van der Waals surface area contributed by atoms with Crippen molar-refractivity contribution in [2.45, 2.75) is 30.6 Å². The fraction of sp³-hybridized carbons (Fsp3) is 0.364. The van der Waals surface area contributed by atoms with Crippen molar-refractivity contribution in [3.63, 3.8) is 0 Å². The van der Waals surface area contributed by atoms with Gasteiger partial charge >= 0.3 is 5.97 Å². The van der Waals surface area contributed by atoms with E-state index in [1.165, 1.54) is 25.3 Å². The van der Waals surface area contributed by atoms with E-state index in [-0.39, 0.29) is 16.4 Å². The van der Waals surface area contributed by atoms with Crippen LogP contribution in [0.2, 0.25) is 0 Å². The lowest BCUT2D eigenvalue weighted by Crippen LogP contribution is -2.35. The number of methoxy groups -OCH3 is 1. The Hall–Kier alpha value is -3.27. The van der Waals surface area contributed by atoms with Crippen LogP contribution < -0.4 is 9.46 Å². The minimum atomic E-state index is -4.04. The van der Waals surface area contributed by atoms with Crippen LogP contribution >= 0.6 is 0 Å². The maximum atomic E-state index is 12.7. The van der Waals surface area contributed by atoms with Gasteiger partial charge in [-0.1, -0.05) is 12.8 Å². The van der Waals surface area contributed by atoms with Crippen LogP contribution in [0.5, 0.6) is 11.5 Å². The van der Waals surface area contributed by atoms with Gasteiger partial charge < -0.3 is 19.5 Å². The molecule has 172 valence electrons. The Morgan fingerprint density at radius 2 is 1.69 bits per heavy atom. The fourth-order valence-corrected chi connectivity index (χ4v) is 4.42. The third-order valence-corrected chi connectivity index (χ3v) is 6.50. The number of esters is 1. The molecule has 10 heteroatoms. The van der Waals surface area contributed by atoms with E-state index in [9.17, 15) is 23.1 Å². The van der Waals surface area contributed by atoms with Gasteiger partial charge in [-0.15, -0.1) is 0 Å². The maximum Gasteiger partial charge on any atom is 0.342 e. The molecule has 9 nitrogen and oxygen atoms in total. The number of nitrogens with one attached hydrogen (secondary N) is 1. The summed E-state index contributed by atoms with van der Waals surface area (Å²) < 4.78 is 37.9. The number of nitrogens with zero attached hydrogens (tertiary/aromatic N) is 1. The monoisotopic (exact) mass is 462 g/mol. The van der Waals surface area contributed by atoms with Gasteiger partial charge in [0.15, 0.2) is 6.61 Å². The zero-order valence-electron chi connectivity index (χ0n) is 17.7. The number of benzene rings is 2. The van der Waals surface area contributed by atoms with Gasteiger partial charge in [0, 0.05) is 18.8 Å². The fourth-order valence-electron chi connectivity index (χ4n) is 3.34. The van der Waals surface area contributed by atoms with E-state index >= 15 is 0 Å². The number of carbonyl (C=O) groups is 2. The van der Waals surface area contributed by atoms with Crippen molar-refractivity contribution in [2.75, 3.05) is 31.5 Å². The van der Waals surface area contributed by atoms with Crippen molar-refractivity contribution in [2.24, 2.45) is 0 Å². The molecule has 0 unspecified atom stereocenters. The lowest BCUT2D eigenvalue weighted by atomic mass is 10.2. The molecule has 2 aromatic rings. The highest BCUT2D eigenvalue weighted by molar-refractivity contribution is 7.92. The predicted molar refractivity (Wildman–Crippen MR) is 117 cm³/mol. The number of sulfonamides is 1. The van der Waals surface area contributed by atoms with E-state index in [2.05, 4.69) is 4.72 Å². The Morgan fingerprint density at radius 3 is 2.31 bits per heavy atom. The predicted octanol–water partition coefficient (Wildman–Crippen LogP) is 2.76. The van der Waals surface area contributed by atoms with Crippen molar-refractivity contribution in [1.82, 2.24) is 4.90 Å². The summed E-state index contributed by atoms with van der Waals surface area (Å²) in [5.74, 6) is -1.17. The highest BCUT2D eigenvalue weighted by Crippen LogP contribution is 2.25. The molecule has 1 amide bonds. The molecule has 0 saturated carbocycles. The van der Waals surface area contributed by atoms with Gasteiger partial charge in [0.05, 0.1) is 12.0 Å². The Bertz CT molecular complexity index is 1060. The van der Waals surface area contributed by atoms with Gasteiger partial charge in [-0.05, 0) is 55.3 Å². The van der Waals surface area contributed by atoms with E-state index < -0.39 is 28.3 Å². The molecular weight excluding hydrogens is 436 g/mol. The first kappa shape index (κ1) is 23.4. The van der Waals surface area contributed by atoms with Gasteiger partial charge in [-0.25, -0.2) is 13.2 Å². The van der Waals surface area contributed by atoms with Crippen LogP contribution in [0.3, 0.4) is 0 Å². The molecule has 0 aliphatic carbocycles. The summed E-state index contributed by atoms with van der Waals surface area (Å²) >= 11 is 0. The molecule has 2 N–H and O–H groups in total. The Morgan fingerprint density at radius 1 is 1.03 bits per heavy atom. The smallest absolute Gasteiger partial charge is 0.342 e. The lowest BCUT2D eigenvalue weighted by molar-refractivity contribution is -0.134. The number of carbonyl (C=O) groups excluding carboxylic acids is 2. The number of ether oxygens (including phenoxy) is 2. The van der Waals surface area contributed by atoms with E-state index in [0.29, 0.717) is 24.5 Å². The second-order valence-corrected chi connectivity index (χ2v) is 9.07. The normalized spacial score (nSPS) is 14.3. The number of hydrogen-bond acceptors (Lipinski definition) is 7. The molecule has 0 spiro atoms. The highest BCUT2D eigenvalue weighted by atomic mass is 32.2. The van der Waals surface area contributed by atoms with Crippen molar-refractivity contribution >= 4 is 27.6 Å². The van der Waals surface area contributed by atoms with Gasteiger partial charge in [0.25, 0.3) is 15.9 Å². The highest BCUT2D eigenvalue weighted by Gasteiger charge is 2.22. The SMILES string of the molecule is COc1ccc(NS(=O)(=O)c2ccc(O)c(C(=O)OCC(=O)N3CCCCCC3)c2)cc1. The second kappa shape index (κ2) is 10.4. The summed E-state index contributed by atoms with van der Waals surface area (Å²) in [7, 11) is -2.55. The summed E-state index contributed by atoms with van der Waals surface area (Å²) in [6, 6.07) is 9.52. The average Bonchev–Trinajstić information content (AvgIpc) is 3.07. The first-order valence-corrected chi connectivity index (χ1v) is 11.7. The molecule has 1 fully saturated rings. The van der Waals surface area contributed by atoms with Crippen LogP contribution in [0.1, 0.15) is 36.0 Å². The number of aromatic hydroxyl groups is 1. The van der Waals surface area contributed by atoms with E-state index in [0.717, 1.165) is 37.8 Å². The largest absolute Gasteiger partial charge is 0.507 e. The third-order valence-electron chi connectivity index (χ3n) is 5.13. The van der Waals surface area contributed by atoms with E-state index in [4.69, 9.17) is 9.47 Å². The number of amides is 1. The molecule has 1 saturated heterocycles. The van der Waals surface area contributed by atoms with Gasteiger partial charge in [-0.3, -0.25) is 9.52 Å². The number of phenols is 1. The van der Waals surface area contributed by atoms with Crippen LogP contribution in [0, 0.1) is 0 Å². The molecule has 32 heavy (non-hydrogen) atoms. The molecule has 0 aromatic heterocycles.